The number of H-pyrrole nitrogens is 1. The molecule has 6 nitrogen and oxygen atoms in total. The molecule has 0 bridgehead atoms. The second kappa shape index (κ2) is 8.25. The van der Waals surface area contributed by atoms with Crippen molar-refractivity contribution in [1.82, 2.24) is 20.1 Å². The van der Waals surface area contributed by atoms with Gasteiger partial charge in [0, 0.05) is 36.7 Å². The lowest BCUT2D eigenvalue weighted by molar-refractivity contribution is 0.0708. The molecule has 0 aliphatic carbocycles. The molecule has 0 radical (unpaired) electrons. The summed E-state index contributed by atoms with van der Waals surface area (Å²) < 4.78 is 5.93. The molecule has 1 aliphatic rings. The molecule has 3 heterocycles. The van der Waals surface area contributed by atoms with Gasteiger partial charge in [-0.2, -0.15) is 5.10 Å². The number of likely N-dealkylation sites (tertiary alicyclic amines) is 1. The van der Waals surface area contributed by atoms with Gasteiger partial charge in [0.2, 0.25) is 0 Å². The van der Waals surface area contributed by atoms with Gasteiger partial charge in [-0.3, -0.25) is 14.9 Å². The number of aryl methyl sites for hydroxylation is 1. The summed E-state index contributed by atoms with van der Waals surface area (Å²) in [5, 5.41) is 7.14. The van der Waals surface area contributed by atoms with Crippen molar-refractivity contribution in [3.05, 3.63) is 77.4 Å². The first-order valence-electron chi connectivity index (χ1n) is 9.62. The Bertz CT molecular complexity index is 930. The molecule has 1 aliphatic heterocycles. The van der Waals surface area contributed by atoms with Gasteiger partial charge in [0.15, 0.2) is 0 Å². The zero-order valence-corrected chi connectivity index (χ0v) is 16.0. The van der Waals surface area contributed by atoms with Crippen molar-refractivity contribution < 1.29 is 9.53 Å². The number of piperidine rings is 1. The van der Waals surface area contributed by atoms with Gasteiger partial charge in [0.1, 0.15) is 12.4 Å². The van der Waals surface area contributed by atoms with Gasteiger partial charge in [-0.05, 0) is 49.4 Å². The van der Waals surface area contributed by atoms with E-state index in [1.807, 2.05) is 47.5 Å². The Labute approximate surface area is 164 Å². The van der Waals surface area contributed by atoms with Gasteiger partial charge in [-0.1, -0.05) is 18.2 Å². The average molecular weight is 376 g/mol. The van der Waals surface area contributed by atoms with E-state index in [-0.39, 0.29) is 5.91 Å². The summed E-state index contributed by atoms with van der Waals surface area (Å²) in [5.74, 6) is 1.10. The topological polar surface area (TPSA) is 71.1 Å². The van der Waals surface area contributed by atoms with E-state index in [2.05, 4.69) is 22.1 Å². The molecule has 3 aromatic rings. The minimum absolute atomic E-state index is 0.0316. The highest BCUT2D eigenvalue weighted by Crippen LogP contribution is 2.31. The normalized spacial score (nSPS) is 14.8. The van der Waals surface area contributed by atoms with Crippen LogP contribution in [0.3, 0.4) is 0 Å². The van der Waals surface area contributed by atoms with Crippen LogP contribution in [0.4, 0.5) is 0 Å². The third kappa shape index (κ3) is 3.91. The number of nitrogens with zero attached hydrogens (tertiary/aromatic N) is 3. The van der Waals surface area contributed by atoms with E-state index in [1.54, 1.807) is 12.4 Å². The van der Waals surface area contributed by atoms with Crippen molar-refractivity contribution in [2.45, 2.75) is 32.3 Å². The van der Waals surface area contributed by atoms with Crippen molar-refractivity contribution in [3.63, 3.8) is 0 Å². The van der Waals surface area contributed by atoms with E-state index in [0.29, 0.717) is 23.8 Å². The molecule has 28 heavy (non-hydrogen) atoms. The predicted octanol–water partition coefficient (Wildman–Crippen LogP) is 3.71. The van der Waals surface area contributed by atoms with E-state index >= 15 is 0 Å². The summed E-state index contributed by atoms with van der Waals surface area (Å²) in [7, 11) is 0. The number of carbonyl (C=O) groups is 1. The lowest BCUT2D eigenvalue weighted by atomic mass is 9.89. The predicted molar refractivity (Wildman–Crippen MR) is 106 cm³/mol. The monoisotopic (exact) mass is 376 g/mol. The molecule has 0 spiro atoms. The van der Waals surface area contributed by atoms with Crippen LogP contribution in [0.15, 0.2) is 55.0 Å². The number of ether oxygens (including phenoxy) is 1. The van der Waals surface area contributed by atoms with E-state index in [4.69, 9.17) is 4.74 Å². The van der Waals surface area contributed by atoms with Crippen LogP contribution >= 0.6 is 0 Å². The number of benzene rings is 1. The Morgan fingerprint density at radius 3 is 2.71 bits per heavy atom. The number of rotatable bonds is 5. The molecule has 1 N–H and O–H groups in total. The number of carbonyl (C=O) groups excluding carboxylic acids is 1. The molecule has 6 heteroatoms. The summed E-state index contributed by atoms with van der Waals surface area (Å²) in [4.78, 5) is 19.1. The second-order valence-electron chi connectivity index (χ2n) is 7.16. The minimum atomic E-state index is 0.0316. The Kier molecular flexibility index (Phi) is 5.37. The van der Waals surface area contributed by atoms with Crippen LogP contribution in [0, 0.1) is 6.92 Å². The van der Waals surface area contributed by atoms with Crippen molar-refractivity contribution in [2.24, 2.45) is 0 Å². The number of hydrogen-bond donors (Lipinski definition) is 1. The van der Waals surface area contributed by atoms with Crippen LogP contribution in [0.2, 0.25) is 0 Å². The minimum Gasteiger partial charge on any atom is -0.488 e. The van der Waals surface area contributed by atoms with Crippen LogP contribution in [0.25, 0.3) is 0 Å². The molecule has 4 rings (SSSR count). The van der Waals surface area contributed by atoms with E-state index in [1.165, 1.54) is 5.56 Å². The maximum absolute atomic E-state index is 13.1. The van der Waals surface area contributed by atoms with Crippen LogP contribution in [0.1, 0.15) is 45.9 Å². The zero-order valence-electron chi connectivity index (χ0n) is 16.0. The number of pyridine rings is 1. The number of para-hydroxylation sites is 1. The van der Waals surface area contributed by atoms with Crippen molar-refractivity contribution in [1.29, 1.82) is 0 Å². The maximum Gasteiger partial charge on any atom is 0.257 e. The molecule has 0 saturated carbocycles. The lowest BCUT2D eigenvalue weighted by Crippen LogP contribution is -2.38. The van der Waals surface area contributed by atoms with Gasteiger partial charge in [-0.25, -0.2) is 0 Å². The summed E-state index contributed by atoms with van der Waals surface area (Å²) in [5.41, 5.74) is 3.98. The molecular formula is C22H24N4O2. The third-order valence-corrected chi connectivity index (χ3v) is 5.33. The summed E-state index contributed by atoms with van der Waals surface area (Å²) >= 11 is 0. The maximum atomic E-state index is 13.1. The largest absolute Gasteiger partial charge is 0.488 e. The third-order valence-electron chi connectivity index (χ3n) is 5.33. The first-order chi connectivity index (χ1) is 13.7. The van der Waals surface area contributed by atoms with Crippen molar-refractivity contribution in [3.8, 4) is 5.75 Å². The molecule has 1 amide bonds. The fourth-order valence-electron chi connectivity index (χ4n) is 3.75. The highest BCUT2D eigenvalue weighted by atomic mass is 16.5. The van der Waals surface area contributed by atoms with Gasteiger partial charge in [-0.15, -0.1) is 0 Å². The SMILES string of the molecule is Cc1[nH]ncc1C1CCN(C(=O)c2ccccc2OCc2cccnc2)CC1. The molecule has 1 aromatic carbocycles. The fourth-order valence-corrected chi connectivity index (χ4v) is 3.75. The van der Waals surface area contributed by atoms with Crippen LogP contribution in [-0.4, -0.2) is 39.1 Å². The lowest BCUT2D eigenvalue weighted by Gasteiger charge is -2.32. The number of aromatic amines is 1. The summed E-state index contributed by atoms with van der Waals surface area (Å²) in [6.07, 6.45) is 7.32. The van der Waals surface area contributed by atoms with E-state index < -0.39 is 0 Å². The number of hydrogen-bond acceptors (Lipinski definition) is 4. The zero-order chi connectivity index (χ0) is 19.3. The second-order valence-corrected chi connectivity index (χ2v) is 7.16. The first-order valence-corrected chi connectivity index (χ1v) is 9.62. The summed E-state index contributed by atoms with van der Waals surface area (Å²) in [6, 6.07) is 11.3. The first kappa shape index (κ1) is 18.2. The Morgan fingerprint density at radius 2 is 2.00 bits per heavy atom. The highest BCUT2D eigenvalue weighted by molar-refractivity contribution is 5.97. The van der Waals surface area contributed by atoms with Gasteiger partial charge in [0.05, 0.1) is 11.8 Å². The Morgan fingerprint density at radius 1 is 1.18 bits per heavy atom. The van der Waals surface area contributed by atoms with Crippen LogP contribution in [-0.2, 0) is 6.61 Å². The van der Waals surface area contributed by atoms with Crippen LogP contribution < -0.4 is 4.74 Å². The number of nitrogens with one attached hydrogen (secondary N) is 1. The van der Waals surface area contributed by atoms with Crippen molar-refractivity contribution >= 4 is 5.91 Å². The smallest absolute Gasteiger partial charge is 0.257 e. The standard InChI is InChI=1S/C22H24N4O2/c1-16-20(14-24-25-16)18-8-11-26(12-9-18)22(27)19-6-2-3-7-21(19)28-15-17-5-4-10-23-13-17/h2-7,10,13-14,18H,8-9,11-12,15H2,1H3,(H,24,25). The molecular weight excluding hydrogens is 352 g/mol. The Balaban J connectivity index is 1.42. The number of aromatic nitrogens is 3. The van der Waals surface area contributed by atoms with E-state index in [0.717, 1.165) is 37.2 Å². The van der Waals surface area contributed by atoms with Crippen molar-refractivity contribution in [2.75, 3.05) is 13.1 Å². The molecule has 1 saturated heterocycles. The average Bonchev–Trinajstić information content (AvgIpc) is 3.19. The van der Waals surface area contributed by atoms with Gasteiger partial charge < -0.3 is 9.64 Å². The van der Waals surface area contributed by atoms with Gasteiger partial charge in [0.25, 0.3) is 5.91 Å². The molecule has 1 fully saturated rings. The number of amides is 1. The fraction of sp³-hybridized carbons (Fsp3) is 0.318. The highest BCUT2D eigenvalue weighted by Gasteiger charge is 2.27. The molecule has 0 atom stereocenters. The quantitative estimate of drug-likeness (QED) is 0.737. The summed E-state index contributed by atoms with van der Waals surface area (Å²) in [6.45, 7) is 3.92. The van der Waals surface area contributed by atoms with Crippen LogP contribution in [0.5, 0.6) is 5.75 Å². The Hall–Kier alpha value is -3.15. The molecule has 2 aromatic heterocycles. The van der Waals surface area contributed by atoms with Gasteiger partial charge >= 0.3 is 0 Å². The molecule has 0 unspecified atom stereocenters. The van der Waals surface area contributed by atoms with E-state index in [9.17, 15) is 4.79 Å². The molecule has 144 valence electrons.